The largest absolute Gasteiger partial charge is 0.336 e. The summed E-state index contributed by atoms with van der Waals surface area (Å²) in [7, 11) is 0. The van der Waals surface area contributed by atoms with Crippen molar-refractivity contribution in [3.63, 3.8) is 0 Å². The van der Waals surface area contributed by atoms with Gasteiger partial charge in [0.05, 0.1) is 0 Å². The Bertz CT molecular complexity index is 718. The molecule has 0 atom stereocenters. The van der Waals surface area contributed by atoms with Crippen molar-refractivity contribution >= 4 is 29.3 Å². The SMILES string of the molecule is O=C(c1cccc(Cl)c1)N1CCN(CCSc2ccc(F)cc2)CC1. The maximum atomic E-state index is 12.9. The van der Waals surface area contributed by atoms with E-state index in [1.807, 2.05) is 17.0 Å². The van der Waals surface area contributed by atoms with E-state index in [0.29, 0.717) is 10.6 Å². The number of rotatable bonds is 5. The van der Waals surface area contributed by atoms with Crippen molar-refractivity contribution < 1.29 is 9.18 Å². The van der Waals surface area contributed by atoms with Crippen molar-refractivity contribution in [1.29, 1.82) is 0 Å². The second-order valence-corrected chi connectivity index (χ2v) is 7.55. The van der Waals surface area contributed by atoms with Gasteiger partial charge in [0.1, 0.15) is 5.82 Å². The van der Waals surface area contributed by atoms with E-state index in [4.69, 9.17) is 11.6 Å². The lowest BCUT2D eigenvalue weighted by molar-refractivity contribution is 0.0644. The zero-order valence-corrected chi connectivity index (χ0v) is 15.4. The van der Waals surface area contributed by atoms with Crippen LogP contribution in [0.25, 0.3) is 0 Å². The lowest BCUT2D eigenvalue weighted by atomic mass is 10.2. The third-order valence-corrected chi connectivity index (χ3v) is 5.45. The van der Waals surface area contributed by atoms with Gasteiger partial charge < -0.3 is 4.90 Å². The highest BCUT2D eigenvalue weighted by Gasteiger charge is 2.21. The van der Waals surface area contributed by atoms with Crippen LogP contribution in [0.2, 0.25) is 5.02 Å². The van der Waals surface area contributed by atoms with Crippen molar-refractivity contribution in [2.75, 3.05) is 38.5 Å². The first-order chi connectivity index (χ1) is 12.1. The van der Waals surface area contributed by atoms with Crippen LogP contribution in [-0.4, -0.2) is 54.2 Å². The van der Waals surface area contributed by atoms with Gasteiger partial charge in [0.15, 0.2) is 0 Å². The van der Waals surface area contributed by atoms with Crippen molar-refractivity contribution in [1.82, 2.24) is 9.80 Å². The number of carbonyl (C=O) groups is 1. The lowest BCUT2D eigenvalue weighted by Gasteiger charge is -2.34. The summed E-state index contributed by atoms with van der Waals surface area (Å²) in [5.74, 6) is 0.793. The molecule has 3 rings (SSSR count). The summed E-state index contributed by atoms with van der Waals surface area (Å²) in [6.45, 7) is 4.16. The van der Waals surface area contributed by atoms with Crippen LogP contribution in [0.3, 0.4) is 0 Å². The van der Waals surface area contributed by atoms with E-state index >= 15 is 0 Å². The van der Waals surface area contributed by atoms with Crippen LogP contribution < -0.4 is 0 Å². The van der Waals surface area contributed by atoms with E-state index in [-0.39, 0.29) is 11.7 Å². The molecule has 0 spiro atoms. The maximum absolute atomic E-state index is 12.9. The van der Waals surface area contributed by atoms with Crippen molar-refractivity contribution in [3.05, 3.63) is 64.9 Å². The first-order valence-electron chi connectivity index (χ1n) is 8.27. The number of piperazine rings is 1. The predicted molar refractivity (Wildman–Crippen MR) is 101 cm³/mol. The molecule has 0 unspecified atom stereocenters. The molecular formula is C19H20ClFN2OS. The Morgan fingerprint density at radius 3 is 2.48 bits per heavy atom. The molecule has 0 aromatic heterocycles. The molecule has 0 bridgehead atoms. The normalized spacial score (nSPS) is 15.4. The highest BCUT2D eigenvalue weighted by atomic mass is 35.5. The van der Waals surface area contributed by atoms with Crippen LogP contribution in [0, 0.1) is 5.82 Å². The molecule has 1 fully saturated rings. The second-order valence-electron chi connectivity index (χ2n) is 5.95. The van der Waals surface area contributed by atoms with Gasteiger partial charge in [-0.05, 0) is 42.5 Å². The molecule has 2 aromatic rings. The van der Waals surface area contributed by atoms with Gasteiger partial charge in [-0.1, -0.05) is 17.7 Å². The smallest absolute Gasteiger partial charge is 0.253 e. The van der Waals surface area contributed by atoms with Crippen molar-refractivity contribution in [2.24, 2.45) is 0 Å². The molecule has 0 aliphatic carbocycles. The predicted octanol–water partition coefficient (Wildman–Crippen LogP) is 4.03. The lowest BCUT2D eigenvalue weighted by Crippen LogP contribution is -2.49. The van der Waals surface area contributed by atoms with Crippen LogP contribution in [0.4, 0.5) is 4.39 Å². The van der Waals surface area contributed by atoms with Gasteiger partial charge in [0.25, 0.3) is 5.91 Å². The topological polar surface area (TPSA) is 23.6 Å². The van der Waals surface area contributed by atoms with Gasteiger partial charge >= 0.3 is 0 Å². The summed E-state index contributed by atoms with van der Waals surface area (Å²) >= 11 is 7.69. The fourth-order valence-electron chi connectivity index (χ4n) is 2.80. The number of benzene rings is 2. The fourth-order valence-corrected chi connectivity index (χ4v) is 3.91. The summed E-state index contributed by atoms with van der Waals surface area (Å²) in [6, 6.07) is 13.7. The summed E-state index contributed by atoms with van der Waals surface area (Å²) < 4.78 is 12.9. The number of amides is 1. The molecular weight excluding hydrogens is 359 g/mol. The van der Waals surface area contributed by atoms with E-state index in [1.165, 1.54) is 12.1 Å². The number of thioether (sulfide) groups is 1. The zero-order chi connectivity index (χ0) is 17.6. The molecule has 25 heavy (non-hydrogen) atoms. The average molecular weight is 379 g/mol. The minimum Gasteiger partial charge on any atom is -0.336 e. The van der Waals surface area contributed by atoms with E-state index in [0.717, 1.165) is 43.4 Å². The quantitative estimate of drug-likeness (QED) is 0.734. The van der Waals surface area contributed by atoms with Gasteiger partial charge in [0.2, 0.25) is 0 Å². The highest BCUT2D eigenvalue weighted by Crippen LogP contribution is 2.19. The molecule has 132 valence electrons. The van der Waals surface area contributed by atoms with Gasteiger partial charge in [0, 0.05) is 54.0 Å². The summed E-state index contributed by atoms with van der Waals surface area (Å²) in [6.07, 6.45) is 0. The number of nitrogens with zero attached hydrogens (tertiary/aromatic N) is 2. The molecule has 6 heteroatoms. The van der Waals surface area contributed by atoms with Gasteiger partial charge in [-0.3, -0.25) is 9.69 Å². The minimum atomic E-state index is -0.204. The molecule has 1 amide bonds. The second kappa shape index (κ2) is 8.70. The monoisotopic (exact) mass is 378 g/mol. The summed E-state index contributed by atoms with van der Waals surface area (Å²) in [4.78, 5) is 17.8. The minimum absolute atomic E-state index is 0.0443. The van der Waals surface area contributed by atoms with E-state index in [1.54, 1.807) is 36.0 Å². The van der Waals surface area contributed by atoms with Crippen LogP contribution >= 0.6 is 23.4 Å². The van der Waals surface area contributed by atoms with Crippen molar-refractivity contribution in [2.45, 2.75) is 4.90 Å². The number of halogens is 2. The fraction of sp³-hybridized carbons (Fsp3) is 0.316. The first-order valence-corrected chi connectivity index (χ1v) is 9.64. The molecule has 0 N–H and O–H groups in total. The third kappa shape index (κ3) is 5.21. The van der Waals surface area contributed by atoms with Crippen molar-refractivity contribution in [3.8, 4) is 0 Å². The molecule has 1 aliphatic rings. The Balaban J connectivity index is 1.42. The Morgan fingerprint density at radius 1 is 1.08 bits per heavy atom. The Labute approximate surface area is 156 Å². The van der Waals surface area contributed by atoms with Crippen LogP contribution in [-0.2, 0) is 0 Å². The Kier molecular flexibility index (Phi) is 6.34. The zero-order valence-electron chi connectivity index (χ0n) is 13.8. The van der Waals surface area contributed by atoms with Gasteiger partial charge in [-0.25, -0.2) is 4.39 Å². The maximum Gasteiger partial charge on any atom is 0.253 e. The van der Waals surface area contributed by atoms with E-state index < -0.39 is 0 Å². The number of hydrogen-bond donors (Lipinski definition) is 0. The summed E-state index contributed by atoms with van der Waals surface area (Å²) in [5.41, 5.74) is 0.646. The molecule has 1 saturated heterocycles. The van der Waals surface area contributed by atoms with Crippen LogP contribution in [0.1, 0.15) is 10.4 Å². The number of carbonyl (C=O) groups excluding carboxylic acids is 1. The molecule has 1 heterocycles. The molecule has 2 aromatic carbocycles. The van der Waals surface area contributed by atoms with Crippen LogP contribution in [0.15, 0.2) is 53.4 Å². The average Bonchev–Trinajstić information content (AvgIpc) is 2.63. The van der Waals surface area contributed by atoms with Crippen LogP contribution in [0.5, 0.6) is 0 Å². The first kappa shape index (κ1) is 18.2. The number of hydrogen-bond acceptors (Lipinski definition) is 3. The molecule has 3 nitrogen and oxygen atoms in total. The molecule has 1 aliphatic heterocycles. The highest BCUT2D eigenvalue weighted by molar-refractivity contribution is 7.99. The van der Waals surface area contributed by atoms with E-state index in [9.17, 15) is 9.18 Å². The Morgan fingerprint density at radius 2 is 1.80 bits per heavy atom. The molecule has 0 saturated carbocycles. The standard InChI is InChI=1S/C19H20ClFN2OS/c20-16-3-1-2-15(14-16)19(24)23-10-8-22(9-11-23)12-13-25-18-6-4-17(21)5-7-18/h1-7,14H,8-13H2. The Hall–Kier alpha value is -1.56. The third-order valence-electron chi connectivity index (χ3n) is 4.22. The van der Waals surface area contributed by atoms with E-state index in [2.05, 4.69) is 4.90 Å². The summed E-state index contributed by atoms with van der Waals surface area (Å²) in [5, 5.41) is 0.585. The van der Waals surface area contributed by atoms with Gasteiger partial charge in [-0.15, -0.1) is 11.8 Å². The van der Waals surface area contributed by atoms with Gasteiger partial charge in [-0.2, -0.15) is 0 Å². The molecule has 0 radical (unpaired) electrons.